The molecule has 0 unspecified atom stereocenters. The van der Waals surface area contributed by atoms with Crippen LogP contribution in [0.1, 0.15) is 24.5 Å². The first kappa shape index (κ1) is 14.0. The van der Waals surface area contributed by atoms with Gasteiger partial charge in [0.25, 0.3) is 0 Å². The van der Waals surface area contributed by atoms with Crippen LogP contribution in [0.15, 0.2) is 18.2 Å². The predicted molar refractivity (Wildman–Crippen MR) is 70.4 cm³/mol. The summed E-state index contributed by atoms with van der Waals surface area (Å²) in [5.74, 6) is 0.967. The van der Waals surface area contributed by atoms with Crippen LogP contribution in [0.3, 0.4) is 0 Å². The van der Waals surface area contributed by atoms with E-state index in [1.165, 1.54) is 11.1 Å². The summed E-state index contributed by atoms with van der Waals surface area (Å²) in [6.45, 7) is 6.86. The van der Waals surface area contributed by atoms with Crippen molar-refractivity contribution in [2.75, 3.05) is 26.8 Å². The Balaban J connectivity index is 2.57. The Morgan fingerprint density at radius 2 is 2.12 bits per heavy atom. The van der Waals surface area contributed by atoms with Crippen LogP contribution < -0.4 is 4.74 Å². The van der Waals surface area contributed by atoms with Gasteiger partial charge in [-0.1, -0.05) is 12.1 Å². The Labute approximate surface area is 104 Å². The van der Waals surface area contributed by atoms with Gasteiger partial charge in [-0.2, -0.15) is 0 Å². The van der Waals surface area contributed by atoms with E-state index in [-0.39, 0.29) is 6.61 Å². The van der Waals surface area contributed by atoms with E-state index in [4.69, 9.17) is 9.84 Å². The summed E-state index contributed by atoms with van der Waals surface area (Å²) in [5.41, 5.74) is 2.46. The molecular weight excluding hydrogens is 214 g/mol. The van der Waals surface area contributed by atoms with Crippen molar-refractivity contribution in [2.24, 2.45) is 0 Å². The van der Waals surface area contributed by atoms with E-state index in [0.717, 1.165) is 25.3 Å². The Morgan fingerprint density at radius 3 is 2.71 bits per heavy atom. The number of nitrogens with zero attached hydrogens (tertiary/aromatic N) is 1. The highest BCUT2D eigenvalue weighted by Crippen LogP contribution is 2.19. The number of aliphatic hydroxyl groups excluding tert-OH is 1. The minimum Gasteiger partial charge on any atom is -0.494 e. The summed E-state index contributed by atoms with van der Waals surface area (Å²) in [7, 11) is 2.07. The molecule has 1 aromatic carbocycles. The van der Waals surface area contributed by atoms with Gasteiger partial charge in [-0.05, 0) is 44.5 Å². The predicted octanol–water partition coefficient (Wildman–Crippen LogP) is 2.21. The summed E-state index contributed by atoms with van der Waals surface area (Å²) >= 11 is 0. The Kier molecular flexibility index (Phi) is 6.01. The maximum absolute atomic E-state index is 8.78. The van der Waals surface area contributed by atoms with Crippen LogP contribution in [0.5, 0.6) is 5.75 Å². The fourth-order valence-corrected chi connectivity index (χ4v) is 1.86. The zero-order valence-corrected chi connectivity index (χ0v) is 11.1. The zero-order chi connectivity index (χ0) is 12.7. The van der Waals surface area contributed by atoms with Crippen molar-refractivity contribution in [1.82, 2.24) is 4.90 Å². The third kappa shape index (κ3) is 4.75. The smallest absolute Gasteiger partial charge is 0.122 e. The highest BCUT2D eigenvalue weighted by molar-refractivity contribution is 5.36. The lowest BCUT2D eigenvalue weighted by Gasteiger charge is -2.17. The van der Waals surface area contributed by atoms with E-state index in [0.29, 0.717) is 6.61 Å². The number of rotatable bonds is 7. The fourth-order valence-electron chi connectivity index (χ4n) is 1.86. The molecule has 0 saturated carbocycles. The van der Waals surface area contributed by atoms with E-state index in [2.05, 4.69) is 31.0 Å². The highest BCUT2D eigenvalue weighted by atomic mass is 16.5. The molecule has 3 heteroatoms. The molecule has 0 atom stereocenters. The minimum absolute atomic E-state index is 0.257. The number of benzene rings is 1. The van der Waals surface area contributed by atoms with Crippen LogP contribution in [-0.2, 0) is 6.54 Å². The second-order valence-electron chi connectivity index (χ2n) is 4.35. The van der Waals surface area contributed by atoms with Gasteiger partial charge in [0.05, 0.1) is 6.61 Å². The van der Waals surface area contributed by atoms with Crippen LogP contribution in [-0.4, -0.2) is 36.8 Å². The number of aryl methyl sites for hydroxylation is 1. The average Bonchev–Trinajstić information content (AvgIpc) is 2.30. The van der Waals surface area contributed by atoms with E-state index < -0.39 is 0 Å². The Bertz CT molecular complexity index is 339. The summed E-state index contributed by atoms with van der Waals surface area (Å²) in [4.78, 5) is 2.21. The molecule has 0 heterocycles. The van der Waals surface area contributed by atoms with Crippen LogP contribution >= 0.6 is 0 Å². The molecule has 1 N–H and O–H groups in total. The standard InChI is InChI=1S/C14H23NO2/c1-4-17-14-7-6-13(10-12(14)2)11-15(3)8-5-9-16/h6-7,10,16H,4-5,8-9,11H2,1-3H3. The molecule has 0 radical (unpaired) electrons. The van der Waals surface area contributed by atoms with Gasteiger partial charge in [-0.15, -0.1) is 0 Å². The molecule has 1 rings (SSSR count). The second kappa shape index (κ2) is 7.30. The van der Waals surface area contributed by atoms with Crippen molar-refractivity contribution in [3.63, 3.8) is 0 Å². The van der Waals surface area contributed by atoms with E-state index >= 15 is 0 Å². The van der Waals surface area contributed by atoms with Crippen molar-refractivity contribution in [3.05, 3.63) is 29.3 Å². The first-order chi connectivity index (χ1) is 8.17. The number of ether oxygens (including phenoxy) is 1. The zero-order valence-electron chi connectivity index (χ0n) is 11.1. The Hall–Kier alpha value is -1.06. The molecule has 0 aliphatic heterocycles. The van der Waals surface area contributed by atoms with Gasteiger partial charge < -0.3 is 14.7 Å². The summed E-state index contributed by atoms with van der Waals surface area (Å²) in [6.07, 6.45) is 0.826. The minimum atomic E-state index is 0.257. The molecular formula is C14H23NO2. The average molecular weight is 237 g/mol. The third-order valence-corrected chi connectivity index (χ3v) is 2.69. The SMILES string of the molecule is CCOc1ccc(CN(C)CCCO)cc1C. The molecule has 0 saturated heterocycles. The normalized spacial score (nSPS) is 10.9. The van der Waals surface area contributed by atoms with Crippen LogP contribution in [0.4, 0.5) is 0 Å². The topological polar surface area (TPSA) is 32.7 Å². The molecule has 0 aliphatic carbocycles. The lowest BCUT2D eigenvalue weighted by atomic mass is 10.1. The lowest BCUT2D eigenvalue weighted by Crippen LogP contribution is -2.19. The molecule has 0 aromatic heterocycles. The van der Waals surface area contributed by atoms with Crippen LogP contribution in [0, 0.1) is 6.92 Å². The Morgan fingerprint density at radius 1 is 1.35 bits per heavy atom. The second-order valence-corrected chi connectivity index (χ2v) is 4.35. The largest absolute Gasteiger partial charge is 0.494 e. The first-order valence-corrected chi connectivity index (χ1v) is 6.19. The molecule has 0 amide bonds. The number of hydrogen-bond acceptors (Lipinski definition) is 3. The molecule has 1 aromatic rings. The van der Waals surface area contributed by atoms with Gasteiger partial charge in [-0.25, -0.2) is 0 Å². The molecule has 3 nitrogen and oxygen atoms in total. The van der Waals surface area contributed by atoms with E-state index in [1.54, 1.807) is 0 Å². The summed E-state index contributed by atoms with van der Waals surface area (Å²) in [6, 6.07) is 6.31. The van der Waals surface area contributed by atoms with Gasteiger partial charge in [0.1, 0.15) is 5.75 Å². The third-order valence-electron chi connectivity index (χ3n) is 2.69. The lowest BCUT2D eigenvalue weighted by molar-refractivity contribution is 0.244. The molecule has 17 heavy (non-hydrogen) atoms. The quantitative estimate of drug-likeness (QED) is 0.789. The molecule has 96 valence electrons. The van der Waals surface area contributed by atoms with Crippen molar-refractivity contribution in [2.45, 2.75) is 26.8 Å². The van der Waals surface area contributed by atoms with E-state index in [9.17, 15) is 0 Å². The first-order valence-electron chi connectivity index (χ1n) is 6.19. The van der Waals surface area contributed by atoms with E-state index in [1.807, 2.05) is 13.0 Å². The molecule has 0 aliphatic rings. The monoisotopic (exact) mass is 237 g/mol. The van der Waals surface area contributed by atoms with Gasteiger partial charge in [0, 0.05) is 19.7 Å². The van der Waals surface area contributed by atoms with Gasteiger partial charge >= 0.3 is 0 Å². The molecule has 0 fully saturated rings. The number of aliphatic hydroxyl groups is 1. The van der Waals surface area contributed by atoms with Crippen LogP contribution in [0.2, 0.25) is 0 Å². The highest BCUT2D eigenvalue weighted by Gasteiger charge is 2.03. The van der Waals surface area contributed by atoms with Crippen LogP contribution in [0.25, 0.3) is 0 Å². The van der Waals surface area contributed by atoms with Crippen molar-refractivity contribution >= 4 is 0 Å². The maximum atomic E-state index is 8.78. The maximum Gasteiger partial charge on any atom is 0.122 e. The fraction of sp³-hybridized carbons (Fsp3) is 0.571. The summed E-state index contributed by atoms with van der Waals surface area (Å²) in [5, 5.41) is 8.78. The van der Waals surface area contributed by atoms with Gasteiger partial charge in [0.15, 0.2) is 0 Å². The van der Waals surface area contributed by atoms with Crippen molar-refractivity contribution in [1.29, 1.82) is 0 Å². The summed E-state index contributed by atoms with van der Waals surface area (Å²) < 4.78 is 5.51. The molecule has 0 bridgehead atoms. The van der Waals surface area contributed by atoms with Crippen molar-refractivity contribution < 1.29 is 9.84 Å². The van der Waals surface area contributed by atoms with Crippen molar-refractivity contribution in [3.8, 4) is 5.75 Å². The van der Waals surface area contributed by atoms with Gasteiger partial charge in [-0.3, -0.25) is 0 Å². The molecule has 0 spiro atoms. The number of hydrogen-bond donors (Lipinski definition) is 1. The van der Waals surface area contributed by atoms with Gasteiger partial charge in [0.2, 0.25) is 0 Å².